The molecule has 0 aliphatic carbocycles. The van der Waals surface area contributed by atoms with Crippen LogP contribution < -0.4 is 0 Å². The van der Waals surface area contributed by atoms with Crippen molar-refractivity contribution in [2.24, 2.45) is 0 Å². The van der Waals surface area contributed by atoms with Crippen molar-refractivity contribution >= 4 is 0 Å². The number of nitrogens with zero attached hydrogens (tertiary/aromatic N) is 4. The lowest BCUT2D eigenvalue weighted by Gasteiger charge is -2.36. The second-order valence-corrected chi connectivity index (χ2v) is 5.18. The van der Waals surface area contributed by atoms with Gasteiger partial charge in [0.15, 0.2) is 0 Å². The number of hydrogen-bond donors (Lipinski definition) is 1. The van der Waals surface area contributed by atoms with Crippen molar-refractivity contribution in [3.8, 4) is 0 Å². The fourth-order valence-electron chi connectivity index (χ4n) is 3.07. The molecule has 17 heavy (non-hydrogen) atoms. The maximum atomic E-state index is 4.19. The highest BCUT2D eigenvalue weighted by Crippen LogP contribution is 2.21. The number of aromatic amines is 1. The summed E-state index contributed by atoms with van der Waals surface area (Å²) in [5, 5.41) is 6.83. The van der Waals surface area contributed by atoms with Gasteiger partial charge in [0, 0.05) is 19.1 Å². The summed E-state index contributed by atoms with van der Waals surface area (Å²) in [5.41, 5.74) is 0. The number of likely N-dealkylation sites (tertiary alicyclic amines) is 2. The van der Waals surface area contributed by atoms with Crippen LogP contribution in [0.1, 0.15) is 31.5 Å². The van der Waals surface area contributed by atoms with Crippen LogP contribution in [0, 0.1) is 0 Å². The van der Waals surface area contributed by atoms with E-state index in [4.69, 9.17) is 0 Å². The molecular formula is C12H21N5. The molecule has 2 aliphatic rings. The van der Waals surface area contributed by atoms with Crippen molar-refractivity contribution in [2.75, 3.05) is 26.2 Å². The second kappa shape index (κ2) is 5.14. The van der Waals surface area contributed by atoms with Crippen LogP contribution >= 0.6 is 0 Å². The van der Waals surface area contributed by atoms with Crippen molar-refractivity contribution in [3.63, 3.8) is 0 Å². The fraction of sp³-hybridized carbons (Fsp3) is 0.833. The summed E-state index contributed by atoms with van der Waals surface area (Å²) in [7, 11) is 0. The number of H-pyrrole nitrogens is 1. The van der Waals surface area contributed by atoms with Gasteiger partial charge in [0.25, 0.3) is 0 Å². The molecule has 3 heterocycles. The Morgan fingerprint density at radius 3 is 2.59 bits per heavy atom. The number of hydrogen-bond acceptors (Lipinski definition) is 4. The molecule has 0 aromatic carbocycles. The molecule has 2 saturated heterocycles. The monoisotopic (exact) mass is 235 g/mol. The van der Waals surface area contributed by atoms with Crippen LogP contribution in [-0.4, -0.2) is 57.2 Å². The normalized spacial score (nSPS) is 24.5. The molecule has 1 N–H and O–H groups in total. The van der Waals surface area contributed by atoms with E-state index in [0.29, 0.717) is 0 Å². The fourth-order valence-corrected chi connectivity index (χ4v) is 3.07. The summed E-state index contributed by atoms with van der Waals surface area (Å²) in [6, 6.07) is 0.837. The van der Waals surface area contributed by atoms with E-state index in [-0.39, 0.29) is 0 Å². The van der Waals surface area contributed by atoms with Gasteiger partial charge in [0.2, 0.25) is 0 Å². The van der Waals surface area contributed by atoms with E-state index in [2.05, 4.69) is 25.0 Å². The van der Waals surface area contributed by atoms with Crippen molar-refractivity contribution in [3.05, 3.63) is 12.2 Å². The van der Waals surface area contributed by atoms with Crippen LogP contribution in [0.5, 0.6) is 0 Å². The van der Waals surface area contributed by atoms with Crippen LogP contribution in [0.3, 0.4) is 0 Å². The van der Waals surface area contributed by atoms with Gasteiger partial charge in [-0.25, -0.2) is 4.98 Å². The average molecular weight is 235 g/mol. The van der Waals surface area contributed by atoms with Crippen molar-refractivity contribution in [1.82, 2.24) is 25.0 Å². The minimum Gasteiger partial charge on any atom is -0.300 e. The average Bonchev–Trinajstić information content (AvgIpc) is 3.01. The van der Waals surface area contributed by atoms with Gasteiger partial charge < -0.3 is 4.90 Å². The minimum absolute atomic E-state index is 0.837. The van der Waals surface area contributed by atoms with Crippen LogP contribution in [0.4, 0.5) is 0 Å². The molecule has 5 heteroatoms. The Hall–Kier alpha value is -0.940. The van der Waals surface area contributed by atoms with E-state index < -0.39 is 0 Å². The molecule has 2 aliphatic heterocycles. The highest BCUT2D eigenvalue weighted by Gasteiger charge is 2.26. The van der Waals surface area contributed by atoms with E-state index in [9.17, 15) is 0 Å². The molecule has 94 valence electrons. The Labute approximate surface area is 102 Å². The Bertz CT molecular complexity index is 323. The number of aromatic nitrogens is 3. The van der Waals surface area contributed by atoms with Gasteiger partial charge in [-0.3, -0.25) is 10.00 Å². The number of nitrogens with one attached hydrogen (secondary N) is 1. The zero-order valence-electron chi connectivity index (χ0n) is 10.3. The van der Waals surface area contributed by atoms with Crippen LogP contribution in [0.25, 0.3) is 0 Å². The highest BCUT2D eigenvalue weighted by atomic mass is 15.2. The maximum absolute atomic E-state index is 4.19. The van der Waals surface area contributed by atoms with Gasteiger partial charge in [0.1, 0.15) is 12.2 Å². The summed E-state index contributed by atoms with van der Waals surface area (Å²) in [6.45, 7) is 5.97. The number of rotatable bonds is 3. The Kier molecular flexibility index (Phi) is 3.38. The van der Waals surface area contributed by atoms with E-state index in [0.717, 1.165) is 18.4 Å². The SMILES string of the molecule is c1n[nH]c(CN2CCC(N3CCCC3)CC2)n1. The topological polar surface area (TPSA) is 48.1 Å². The third-order valence-electron chi connectivity index (χ3n) is 4.05. The lowest BCUT2D eigenvalue weighted by atomic mass is 10.0. The van der Waals surface area contributed by atoms with Crippen LogP contribution in [0.15, 0.2) is 6.33 Å². The molecule has 0 unspecified atom stereocenters. The molecule has 0 atom stereocenters. The Morgan fingerprint density at radius 2 is 1.94 bits per heavy atom. The first-order chi connectivity index (χ1) is 8.42. The number of piperidine rings is 1. The van der Waals surface area contributed by atoms with Gasteiger partial charge in [-0.1, -0.05) is 0 Å². The molecule has 2 fully saturated rings. The van der Waals surface area contributed by atoms with Gasteiger partial charge in [-0.2, -0.15) is 5.10 Å². The summed E-state index contributed by atoms with van der Waals surface area (Å²) < 4.78 is 0. The van der Waals surface area contributed by atoms with Gasteiger partial charge in [-0.05, 0) is 38.8 Å². The summed E-state index contributed by atoms with van der Waals surface area (Å²) >= 11 is 0. The Morgan fingerprint density at radius 1 is 1.18 bits per heavy atom. The molecule has 0 spiro atoms. The predicted octanol–water partition coefficient (Wildman–Crippen LogP) is 0.865. The van der Waals surface area contributed by atoms with E-state index >= 15 is 0 Å². The molecule has 0 radical (unpaired) electrons. The molecule has 5 nitrogen and oxygen atoms in total. The largest absolute Gasteiger partial charge is 0.300 e. The van der Waals surface area contributed by atoms with Crippen molar-refractivity contribution < 1.29 is 0 Å². The first kappa shape index (κ1) is 11.2. The Balaban J connectivity index is 1.47. The lowest BCUT2D eigenvalue weighted by molar-refractivity contribution is 0.121. The summed E-state index contributed by atoms with van der Waals surface area (Å²) in [5.74, 6) is 0.990. The quantitative estimate of drug-likeness (QED) is 0.844. The van der Waals surface area contributed by atoms with Gasteiger partial charge in [-0.15, -0.1) is 0 Å². The maximum Gasteiger partial charge on any atom is 0.138 e. The van der Waals surface area contributed by atoms with E-state index in [1.54, 1.807) is 6.33 Å². The molecule has 0 saturated carbocycles. The molecule has 3 rings (SSSR count). The first-order valence-corrected chi connectivity index (χ1v) is 6.72. The first-order valence-electron chi connectivity index (χ1n) is 6.72. The molecule has 0 amide bonds. The zero-order valence-corrected chi connectivity index (χ0v) is 10.3. The predicted molar refractivity (Wildman–Crippen MR) is 65.5 cm³/mol. The molecule has 1 aromatic heterocycles. The second-order valence-electron chi connectivity index (χ2n) is 5.18. The smallest absolute Gasteiger partial charge is 0.138 e. The molecule has 0 bridgehead atoms. The lowest BCUT2D eigenvalue weighted by Crippen LogP contribution is -2.43. The van der Waals surface area contributed by atoms with Crippen LogP contribution in [-0.2, 0) is 6.54 Å². The van der Waals surface area contributed by atoms with Crippen LogP contribution in [0.2, 0.25) is 0 Å². The van der Waals surface area contributed by atoms with Crippen molar-refractivity contribution in [2.45, 2.75) is 38.3 Å². The van der Waals surface area contributed by atoms with Gasteiger partial charge >= 0.3 is 0 Å². The van der Waals surface area contributed by atoms with E-state index in [1.807, 2.05) is 0 Å². The zero-order chi connectivity index (χ0) is 11.5. The summed E-state index contributed by atoms with van der Waals surface area (Å²) in [4.78, 5) is 9.35. The summed E-state index contributed by atoms with van der Waals surface area (Å²) in [6.07, 6.45) is 7.02. The minimum atomic E-state index is 0.837. The van der Waals surface area contributed by atoms with E-state index in [1.165, 1.54) is 51.9 Å². The van der Waals surface area contributed by atoms with Crippen molar-refractivity contribution in [1.29, 1.82) is 0 Å². The third-order valence-corrected chi connectivity index (χ3v) is 4.05. The standard InChI is InChI=1S/C12H21N5/c1-2-6-17(5-1)11-3-7-16(8-4-11)9-12-13-10-14-15-12/h10-11H,1-9H2,(H,13,14,15). The van der Waals surface area contributed by atoms with Gasteiger partial charge in [0.05, 0.1) is 6.54 Å². The highest BCUT2D eigenvalue weighted by molar-refractivity contribution is 4.86. The third kappa shape index (κ3) is 2.66. The molecular weight excluding hydrogens is 214 g/mol. The molecule has 1 aromatic rings.